The van der Waals surface area contributed by atoms with Crippen LogP contribution in [0.25, 0.3) is 11.1 Å². The third kappa shape index (κ3) is 4.68. The van der Waals surface area contributed by atoms with Gasteiger partial charge in [0.05, 0.1) is 19.3 Å². The second-order valence-electron chi connectivity index (χ2n) is 9.24. The first kappa shape index (κ1) is 24.3. The van der Waals surface area contributed by atoms with Crippen LogP contribution in [-0.2, 0) is 17.3 Å². The van der Waals surface area contributed by atoms with E-state index >= 15 is 0 Å². The number of fused-ring (bicyclic) bond motifs is 3. The zero-order valence-corrected chi connectivity index (χ0v) is 19.7. The smallest absolute Gasteiger partial charge is 0.396 e. The van der Waals surface area contributed by atoms with Gasteiger partial charge in [-0.1, -0.05) is 18.2 Å². The standard InChI is InChI=1S/C27H26F3N3O3/c1-16-2-5-21(32-26(35)19-6-7-31-25(12-19)27(28,29)30)13-22(16)17-3-4-18-10-20(14-34)24-15-36-9-8-33(24)23(18)11-17/h2-7,11-13,20,24,34H,8-10,14-15H2,1H3,(H,32,35)/t20-,24+/m0/s1. The van der Waals surface area contributed by atoms with Crippen LogP contribution in [0.1, 0.15) is 27.2 Å². The predicted octanol–water partition coefficient (Wildman–Crippen LogP) is 4.70. The Bertz CT molecular complexity index is 1290. The number of carbonyl (C=O) groups is 1. The second-order valence-corrected chi connectivity index (χ2v) is 9.24. The molecular formula is C27H26F3N3O3. The van der Waals surface area contributed by atoms with E-state index in [4.69, 9.17) is 4.74 Å². The van der Waals surface area contributed by atoms with Crippen molar-refractivity contribution in [3.63, 3.8) is 0 Å². The molecule has 9 heteroatoms. The van der Waals surface area contributed by atoms with Gasteiger partial charge in [-0.3, -0.25) is 9.78 Å². The van der Waals surface area contributed by atoms with E-state index in [1.807, 2.05) is 25.1 Å². The van der Waals surface area contributed by atoms with E-state index in [1.54, 1.807) is 6.07 Å². The highest BCUT2D eigenvalue weighted by Gasteiger charge is 2.36. The number of morpholine rings is 1. The zero-order chi connectivity index (χ0) is 25.4. The number of aromatic nitrogens is 1. The number of nitrogens with one attached hydrogen (secondary N) is 1. The summed E-state index contributed by atoms with van der Waals surface area (Å²) in [7, 11) is 0. The van der Waals surface area contributed by atoms with E-state index in [0.717, 1.165) is 47.6 Å². The van der Waals surface area contributed by atoms with Crippen LogP contribution in [0.15, 0.2) is 54.7 Å². The summed E-state index contributed by atoms with van der Waals surface area (Å²) in [6.45, 7) is 4.04. The van der Waals surface area contributed by atoms with Crippen LogP contribution >= 0.6 is 0 Å². The minimum atomic E-state index is -4.63. The first-order valence-electron chi connectivity index (χ1n) is 11.8. The van der Waals surface area contributed by atoms with Gasteiger partial charge in [0.15, 0.2) is 0 Å². The quantitative estimate of drug-likeness (QED) is 0.547. The SMILES string of the molecule is Cc1ccc(NC(=O)c2ccnc(C(F)(F)F)c2)cc1-c1ccc2c(c1)N1CCOC[C@@H]1[C@H](CO)C2. The number of hydrogen-bond donors (Lipinski definition) is 2. The van der Waals surface area contributed by atoms with E-state index in [0.29, 0.717) is 18.9 Å². The maximum atomic E-state index is 13.0. The maximum Gasteiger partial charge on any atom is 0.433 e. The molecule has 2 aromatic carbocycles. The van der Waals surface area contributed by atoms with Crippen molar-refractivity contribution in [2.75, 3.05) is 36.6 Å². The summed E-state index contributed by atoms with van der Waals surface area (Å²) >= 11 is 0. The van der Waals surface area contributed by atoms with Crippen molar-refractivity contribution < 1.29 is 27.8 Å². The summed E-state index contributed by atoms with van der Waals surface area (Å²) in [6, 6.07) is 13.8. The molecule has 3 heterocycles. The van der Waals surface area contributed by atoms with Crippen LogP contribution in [0.4, 0.5) is 24.5 Å². The molecule has 5 rings (SSSR count). The Morgan fingerprint density at radius 1 is 1.19 bits per heavy atom. The Morgan fingerprint density at radius 2 is 2.03 bits per heavy atom. The van der Waals surface area contributed by atoms with Gasteiger partial charge < -0.3 is 20.1 Å². The molecule has 0 radical (unpaired) electrons. The van der Waals surface area contributed by atoms with Crippen molar-refractivity contribution in [1.29, 1.82) is 0 Å². The number of ether oxygens (including phenoxy) is 1. The van der Waals surface area contributed by atoms with Crippen molar-refractivity contribution in [1.82, 2.24) is 4.98 Å². The fourth-order valence-electron chi connectivity index (χ4n) is 5.03. The minimum absolute atomic E-state index is 0.106. The minimum Gasteiger partial charge on any atom is -0.396 e. The lowest BCUT2D eigenvalue weighted by Gasteiger charge is -2.46. The number of hydrogen-bond acceptors (Lipinski definition) is 5. The summed E-state index contributed by atoms with van der Waals surface area (Å²) in [6.07, 6.45) is -2.88. The number of aliphatic hydroxyl groups excluding tert-OH is 1. The number of anilines is 2. The van der Waals surface area contributed by atoms with Gasteiger partial charge in [0, 0.05) is 42.2 Å². The van der Waals surface area contributed by atoms with Gasteiger partial charge in [-0.05, 0) is 65.9 Å². The number of nitrogens with zero attached hydrogens (tertiary/aromatic N) is 2. The Morgan fingerprint density at radius 3 is 2.81 bits per heavy atom. The molecule has 1 saturated heterocycles. The Kier molecular flexibility index (Phi) is 6.44. The third-order valence-corrected chi connectivity index (χ3v) is 6.94. The van der Waals surface area contributed by atoms with Gasteiger partial charge in [0.25, 0.3) is 5.91 Å². The normalized spacial score (nSPS) is 19.4. The maximum absolute atomic E-state index is 13.0. The van der Waals surface area contributed by atoms with Gasteiger partial charge in [-0.15, -0.1) is 0 Å². The topological polar surface area (TPSA) is 74.7 Å². The Labute approximate surface area is 206 Å². The highest BCUT2D eigenvalue weighted by Crippen LogP contribution is 2.39. The summed E-state index contributed by atoms with van der Waals surface area (Å²) in [4.78, 5) is 18.3. The first-order chi connectivity index (χ1) is 17.2. The summed E-state index contributed by atoms with van der Waals surface area (Å²) in [5.74, 6) is -0.524. The molecule has 6 nitrogen and oxygen atoms in total. The number of aliphatic hydroxyl groups is 1. The molecule has 0 bridgehead atoms. The van der Waals surface area contributed by atoms with E-state index in [-0.39, 0.29) is 24.1 Å². The average Bonchev–Trinajstić information content (AvgIpc) is 2.88. The number of halogens is 3. The molecule has 3 aromatic rings. The Hall–Kier alpha value is -3.43. The third-order valence-electron chi connectivity index (χ3n) is 6.94. The van der Waals surface area contributed by atoms with E-state index in [1.165, 1.54) is 11.6 Å². The lowest BCUT2D eigenvalue weighted by molar-refractivity contribution is -0.141. The number of carbonyl (C=O) groups excluding carboxylic acids is 1. The summed E-state index contributed by atoms with van der Waals surface area (Å²) < 4.78 is 44.7. The molecule has 1 fully saturated rings. The molecule has 0 unspecified atom stereocenters. The lowest BCUT2D eigenvalue weighted by atomic mass is 9.84. The molecule has 0 saturated carbocycles. The second kappa shape index (κ2) is 9.55. The number of aryl methyl sites for hydroxylation is 1. The molecule has 0 spiro atoms. The van der Waals surface area contributed by atoms with E-state index < -0.39 is 17.8 Å². The molecule has 2 atom stereocenters. The van der Waals surface area contributed by atoms with Crippen molar-refractivity contribution in [2.24, 2.45) is 5.92 Å². The Balaban J connectivity index is 1.43. The summed E-state index contributed by atoms with van der Waals surface area (Å²) in [5, 5.41) is 12.6. The van der Waals surface area contributed by atoms with Gasteiger partial charge in [0.2, 0.25) is 0 Å². The molecule has 1 aromatic heterocycles. The number of benzene rings is 2. The van der Waals surface area contributed by atoms with Crippen molar-refractivity contribution in [2.45, 2.75) is 25.6 Å². The lowest BCUT2D eigenvalue weighted by Crippen LogP contribution is -2.53. The molecule has 2 aliphatic rings. The van der Waals surface area contributed by atoms with E-state index in [2.05, 4.69) is 27.3 Å². The molecule has 1 amide bonds. The average molecular weight is 498 g/mol. The molecule has 0 aliphatic carbocycles. The van der Waals surface area contributed by atoms with Gasteiger partial charge in [-0.2, -0.15) is 13.2 Å². The molecule has 2 N–H and O–H groups in total. The zero-order valence-electron chi connectivity index (χ0n) is 19.7. The number of rotatable bonds is 4. The number of amides is 1. The summed E-state index contributed by atoms with van der Waals surface area (Å²) in [5.41, 5.74) is 4.43. The predicted molar refractivity (Wildman–Crippen MR) is 130 cm³/mol. The molecular weight excluding hydrogens is 471 g/mol. The van der Waals surface area contributed by atoms with Crippen molar-refractivity contribution in [3.05, 3.63) is 77.1 Å². The highest BCUT2D eigenvalue weighted by atomic mass is 19.4. The highest BCUT2D eigenvalue weighted by molar-refractivity contribution is 6.04. The van der Waals surface area contributed by atoms with Crippen LogP contribution < -0.4 is 10.2 Å². The largest absolute Gasteiger partial charge is 0.433 e. The molecule has 188 valence electrons. The van der Waals surface area contributed by atoms with Gasteiger partial charge in [0.1, 0.15) is 5.69 Å². The van der Waals surface area contributed by atoms with Crippen molar-refractivity contribution >= 4 is 17.3 Å². The monoisotopic (exact) mass is 497 g/mol. The van der Waals surface area contributed by atoms with Crippen LogP contribution in [0.3, 0.4) is 0 Å². The van der Waals surface area contributed by atoms with Crippen molar-refractivity contribution in [3.8, 4) is 11.1 Å². The van der Waals surface area contributed by atoms with Crippen LogP contribution in [0.2, 0.25) is 0 Å². The number of pyridine rings is 1. The van der Waals surface area contributed by atoms with Gasteiger partial charge in [-0.25, -0.2) is 0 Å². The fraction of sp³-hybridized carbons (Fsp3) is 0.333. The first-order valence-corrected chi connectivity index (χ1v) is 11.8. The molecule has 36 heavy (non-hydrogen) atoms. The molecule has 2 aliphatic heterocycles. The van der Waals surface area contributed by atoms with Crippen LogP contribution in [-0.4, -0.2) is 48.4 Å². The fourth-order valence-corrected chi connectivity index (χ4v) is 5.03. The van der Waals surface area contributed by atoms with Gasteiger partial charge >= 0.3 is 6.18 Å². The van der Waals surface area contributed by atoms with E-state index in [9.17, 15) is 23.1 Å². The van der Waals surface area contributed by atoms with Crippen LogP contribution in [0.5, 0.6) is 0 Å². The number of alkyl halides is 3. The van der Waals surface area contributed by atoms with Crippen LogP contribution in [0, 0.1) is 12.8 Å².